The first-order valence-corrected chi connectivity index (χ1v) is 2.57. The summed E-state index contributed by atoms with van der Waals surface area (Å²) in [5.41, 5.74) is -0.285. The number of halogens is 1. The van der Waals surface area contributed by atoms with Gasteiger partial charge in [0.2, 0.25) is 0 Å². The quantitative estimate of drug-likeness (QED) is 0.558. The van der Waals surface area contributed by atoms with Gasteiger partial charge in [0.05, 0.1) is 13.2 Å². The summed E-state index contributed by atoms with van der Waals surface area (Å²) in [6.45, 7) is 2.07. The molecule has 1 unspecified atom stereocenters. The third kappa shape index (κ3) is 6.21. The molecule has 1 N–H and O–H groups in total. The second-order valence-corrected chi connectivity index (χ2v) is 1.75. The molecule has 0 saturated carbocycles. The largest absolute Gasteiger partial charge is 0.394 e. The van der Waals surface area contributed by atoms with Gasteiger partial charge in [0, 0.05) is 0 Å². The Morgan fingerprint density at radius 3 is 2.57 bits per heavy atom. The van der Waals surface area contributed by atoms with Crippen molar-refractivity contribution in [3.63, 3.8) is 0 Å². The third-order valence-corrected chi connectivity index (χ3v) is 0.565. The van der Waals surface area contributed by atoms with E-state index in [1.165, 1.54) is 0 Å². The molecule has 0 saturated heterocycles. The van der Waals surface area contributed by atoms with Gasteiger partial charge < -0.3 is 9.84 Å². The van der Waals surface area contributed by atoms with Crippen molar-refractivity contribution in [3.05, 3.63) is 0 Å². The molecule has 7 heavy (non-hydrogen) atoms. The number of ether oxygens (including phenoxy) is 1. The number of aliphatic hydroxyl groups is 1. The number of hydrogen-bond donors (Lipinski definition) is 1. The van der Waals surface area contributed by atoms with E-state index in [9.17, 15) is 0 Å². The summed E-state index contributed by atoms with van der Waals surface area (Å²) in [5, 5.41) is 8.13. The van der Waals surface area contributed by atoms with Crippen molar-refractivity contribution < 1.29 is 9.84 Å². The molecule has 0 aromatic rings. The van der Waals surface area contributed by atoms with Gasteiger partial charge in [-0.2, -0.15) is 0 Å². The van der Waals surface area contributed by atoms with E-state index in [0.29, 0.717) is 6.61 Å². The van der Waals surface area contributed by atoms with Crippen LogP contribution in [0.2, 0.25) is 0 Å². The van der Waals surface area contributed by atoms with Crippen LogP contribution in [0.4, 0.5) is 0 Å². The van der Waals surface area contributed by atoms with Crippen LogP contribution in [0.25, 0.3) is 0 Å². The molecule has 44 valence electrons. The minimum atomic E-state index is -0.285. The molecule has 0 radical (unpaired) electrons. The lowest BCUT2D eigenvalue weighted by Gasteiger charge is -2.00. The number of alkyl halides is 1. The molecular formula is C4H9ClO2. The average Bonchev–Trinajstić information content (AvgIpc) is 1.61. The predicted molar refractivity (Wildman–Crippen MR) is 28.4 cm³/mol. The van der Waals surface area contributed by atoms with Crippen molar-refractivity contribution in [2.24, 2.45) is 0 Å². The first kappa shape index (κ1) is 7.21. The molecule has 0 aliphatic carbocycles. The summed E-state index contributed by atoms with van der Waals surface area (Å²) in [6.07, 6.45) is 0. The molecule has 0 rings (SSSR count). The van der Waals surface area contributed by atoms with Gasteiger partial charge in [0.25, 0.3) is 0 Å². The molecule has 0 aromatic heterocycles. The van der Waals surface area contributed by atoms with Crippen LogP contribution in [0.5, 0.6) is 0 Å². The summed E-state index contributed by atoms with van der Waals surface area (Å²) in [6, 6.07) is 0. The SMILES string of the molecule is CC(Cl)OCCO. The second-order valence-electron chi connectivity index (χ2n) is 1.14. The molecule has 0 aliphatic heterocycles. The van der Waals surface area contributed by atoms with E-state index < -0.39 is 0 Å². The zero-order valence-corrected chi connectivity index (χ0v) is 4.98. The second kappa shape index (κ2) is 4.37. The maximum Gasteiger partial charge on any atom is 0.128 e. The Kier molecular flexibility index (Phi) is 4.50. The minimum absolute atomic E-state index is 0.0388. The van der Waals surface area contributed by atoms with Gasteiger partial charge in [-0.15, -0.1) is 0 Å². The van der Waals surface area contributed by atoms with Crippen molar-refractivity contribution >= 4 is 11.6 Å². The first-order chi connectivity index (χ1) is 3.27. The van der Waals surface area contributed by atoms with Gasteiger partial charge in [0.15, 0.2) is 0 Å². The van der Waals surface area contributed by atoms with E-state index in [-0.39, 0.29) is 12.2 Å². The Balaban J connectivity index is 2.68. The fraction of sp³-hybridized carbons (Fsp3) is 1.00. The predicted octanol–water partition coefficient (Wildman–Crippen LogP) is 0.580. The van der Waals surface area contributed by atoms with Gasteiger partial charge in [0.1, 0.15) is 5.56 Å². The first-order valence-electron chi connectivity index (χ1n) is 2.14. The normalized spacial score (nSPS) is 14.1. The highest BCUT2D eigenvalue weighted by Gasteiger charge is 1.90. The fourth-order valence-corrected chi connectivity index (χ4v) is 0.304. The zero-order valence-electron chi connectivity index (χ0n) is 4.22. The standard InChI is InChI=1S/C4H9ClO2/c1-4(5)7-3-2-6/h4,6H,2-3H2,1H3. The summed E-state index contributed by atoms with van der Waals surface area (Å²) < 4.78 is 4.71. The van der Waals surface area contributed by atoms with Crippen molar-refractivity contribution in [1.29, 1.82) is 0 Å². The number of rotatable bonds is 3. The Labute approximate surface area is 48.0 Å². The molecule has 0 aromatic carbocycles. The fourth-order valence-electron chi connectivity index (χ4n) is 0.215. The number of hydrogen-bond acceptors (Lipinski definition) is 2. The maximum absolute atomic E-state index is 8.13. The van der Waals surface area contributed by atoms with E-state index in [0.717, 1.165) is 0 Å². The molecule has 0 spiro atoms. The average molecular weight is 125 g/mol. The minimum Gasteiger partial charge on any atom is -0.394 e. The molecule has 0 fully saturated rings. The van der Waals surface area contributed by atoms with Gasteiger partial charge in [-0.05, 0) is 6.92 Å². The van der Waals surface area contributed by atoms with Crippen molar-refractivity contribution in [3.8, 4) is 0 Å². The molecule has 0 amide bonds. The van der Waals surface area contributed by atoms with Crippen molar-refractivity contribution in [2.45, 2.75) is 12.5 Å². The molecule has 0 heterocycles. The Bertz CT molecular complexity index is 38.7. The van der Waals surface area contributed by atoms with Crippen LogP contribution in [0.1, 0.15) is 6.92 Å². The van der Waals surface area contributed by atoms with Crippen LogP contribution in [-0.4, -0.2) is 23.9 Å². The lowest BCUT2D eigenvalue weighted by molar-refractivity contribution is 0.0806. The van der Waals surface area contributed by atoms with E-state index in [1.807, 2.05) is 0 Å². The summed E-state index contributed by atoms with van der Waals surface area (Å²) in [5.74, 6) is 0. The molecule has 1 atom stereocenters. The highest BCUT2D eigenvalue weighted by Crippen LogP contribution is 1.92. The molecule has 0 bridgehead atoms. The smallest absolute Gasteiger partial charge is 0.128 e. The highest BCUT2D eigenvalue weighted by atomic mass is 35.5. The zero-order chi connectivity index (χ0) is 5.70. The summed E-state index contributed by atoms with van der Waals surface area (Å²) >= 11 is 5.32. The van der Waals surface area contributed by atoms with E-state index in [2.05, 4.69) is 0 Å². The van der Waals surface area contributed by atoms with E-state index in [4.69, 9.17) is 21.4 Å². The lowest BCUT2D eigenvalue weighted by atomic mass is 10.7. The van der Waals surface area contributed by atoms with E-state index >= 15 is 0 Å². The van der Waals surface area contributed by atoms with Crippen molar-refractivity contribution in [2.75, 3.05) is 13.2 Å². The molecule has 0 aliphatic rings. The molecule has 2 nitrogen and oxygen atoms in total. The Hall–Kier alpha value is 0.210. The van der Waals surface area contributed by atoms with Crippen LogP contribution in [0.15, 0.2) is 0 Å². The third-order valence-electron chi connectivity index (χ3n) is 0.439. The molecule has 3 heteroatoms. The van der Waals surface area contributed by atoms with Crippen LogP contribution in [0, 0.1) is 0 Å². The maximum atomic E-state index is 8.13. The van der Waals surface area contributed by atoms with Crippen molar-refractivity contribution in [1.82, 2.24) is 0 Å². The molecular weight excluding hydrogens is 115 g/mol. The highest BCUT2D eigenvalue weighted by molar-refractivity contribution is 6.19. The van der Waals surface area contributed by atoms with Crippen LogP contribution in [0.3, 0.4) is 0 Å². The van der Waals surface area contributed by atoms with Gasteiger partial charge in [-0.25, -0.2) is 0 Å². The van der Waals surface area contributed by atoms with Crippen LogP contribution < -0.4 is 0 Å². The van der Waals surface area contributed by atoms with E-state index in [1.54, 1.807) is 6.92 Å². The summed E-state index contributed by atoms with van der Waals surface area (Å²) in [7, 11) is 0. The number of aliphatic hydroxyl groups excluding tert-OH is 1. The van der Waals surface area contributed by atoms with Gasteiger partial charge in [-0.3, -0.25) is 0 Å². The van der Waals surface area contributed by atoms with Crippen LogP contribution >= 0.6 is 11.6 Å². The van der Waals surface area contributed by atoms with Gasteiger partial charge in [-0.1, -0.05) is 11.6 Å². The Morgan fingerprint density at radius 1 is 1.86 bits per heavy atom. The monoisotopic (exact) mass is 124 g/mol. The van der Waals surface area contributed by atoms with Gasteiger partial charge >= 0.3 is 0 Å². The lowest BCUT2D eigenvalue weighted by Crippen LogP contribution is -2.03. The topological polar surface area (TPSA) is 29.5 Å². The van der Waals surface area contributed by atoms with Crippen LogP contribution in [-0.2, 0) is 4.74 Å². The summed E-state index contributed by atoms with van der Waals surface area (Å²) in [4.78, 5) is 0. The Morgan fingerprint density at radius 2 is 2.43 bits per heavy atom.